The molecule has 0 aromatic carbocycles. The predicted molar refractivity (Wildman–Crippen MR) is 40.5 cm³/mol. The van der Waals surface area contributed by atoms with E-state index in [9.17, 15) is 0 Å². The van der Waals surface area contributed by atoms with Crippen LogP contribution in [0.4, 0.5) is 0 Å². The quantitative estimate of drug-likeness (QED) is 0.444. The van der Waals surface area contributed by atoms with Crippen molar-refractivity contribution in [2.75, 3.05) is 0 Å². The molecular weight excluding hydrogens is 124 g/mol. The van der Waals surface area contributed by atoms with Crippen LogP contribution < -0.4 is 0 Å². The summed E-state index contributed by atoms with van der Waals surface area (Å²) in [5, 5.41) is 1.73. The van der Waals surface area contributed by atoms with Gasteiger partial charge in [-0.3, -0.25) is 0 Å². The fraction of sp³-hybridized carbons (Fsp3) is 0.500. The van der Waals surface area contributed by atoms with Crippen LogP contribution in [0.25, 0.3) is 0 Å². The number of rotatable bonds is 0. The minimum atomic E-state index is 0.952. The normalized spacial score (nSPS) is 32.0. The molecule has 1 saturated heterocycles. The summed E-state index contributed by atoms with van der Waals surface area (Å²) in [6.07, 6.45) is 9.60. The molecule has 0 saturated carbocycles. The maximum Gasteiger partial charge on any atom is 0.0754 e. The second-order valence-corrected chi connectivity index (χ2v) is 4.13. The van der Waals surface area contributed by atoms with Crippen LogP contribution in [-0.2, 0) is 0 Å². The zero-order valence-electron chi connectivity index (χ0n) is 5.43. The van der Waals surface area contributed by atoms with Crippen molar-refractivity contribution < 1.29 is 0 Å². The van der Waals surface area contributed by atoms with Crippen LogP contribution in [0.1, 0.15) is 12.8 Å². The molecule has 1 heteroatoms. The molecule has 0 aromatic heterocycles. The Morgan fingerprint density at radius 2 is 2.56 bits per heavy atom. The van der Waals surface area contributed by atoms with E-state index in [1.165, 1.54) is 18.9 Å². The molecule has 46 valence electrons. The van der Waals surface area contributed by atoms with Gasteiger partial charge in [0, 0.05) is 0 Å². The summed E-state index contributed by atoms with van der Waals surface area (Å²) >= 11 is 0. The first-order valence-corrected chi connectivity index (χ1v) is 4.78. The van der Waals surface area contributed by atoms with E-state index in [2.05, 4.69) is 18.2 Å². The summed E-state index contributed by atoms with van der Waals surface area (Å²) in [5.41, 5.74) is 0. The molecule has 9 heavy (non-hydrogen) atoms. The van der Waals surface area contributed by atoms with E-state index >= 15 is 0 Å². The van der Waals surface area contributed by atoms with Crippen molar-refractivity contribution in [2.24, 2.45) is 5.92 Å². The number of fused-ring (bicyclic) bond motifs is 1. The van der Waals surface area contributed by atoms with Gasteiger partial charge in [0.2, 0.25) is 0 Å². The Hall–Kier alpha value is -0.303. The van der Waals surface area contributed by atoms with Crippen molar-refractivity contribution in [2.45, 2.75) is 18.9 Å². The summed E-state index contributed by atoms with van der Waals surface area (Å²) in [5.74, 6) is 0.952. The van der Waals surface area contributed by atoms with Gasteiger partial charge in [0.05, 0.1) is 9.52 Å². The molecule has 2 radical (unpaired) electrons. The maximum absolute atomic E-state index is 2.32. The van der Waals surface area contributed by atoms with Gasteiger partial charge in [-0.25, -0.2) is 0 Å². The molecule has 0 N–H and O–H groups in total. The van der Waals surface area contributed by atoms with E-state index in [1.807, 2.05) is 0 Å². The van der Waals surface area contributed by atoms with Crippen LogP contribution in [0.15, 0.2) is 23.4 Å². The highest BCUT2D eigenvalue weighted by Gasteiger charge is 2.20. The van der Waals surface area contributed by atoms with E-state index in [-0.39, 0.29) is 0 Å². The second kappa shape index (κ2) is 2.14. The minimum absolute atomic E-state index is 0.952. The van der Waals surface area contributed by atoms with Crippen molar-refractivity contribution in [3.8, 4) is 0 Å². The summed E-state index contributed by atoms with van der Waals surface area (Å²) < 4.78 is 0. The summed E-state index contributed by atoms with van der Waals surface area (Å²) in [6.45, 7) is 0. The molecule has 1 fully saturated rings. The lowest BCUT2D eigenvalue weighted by molar-refractivity contribution is 0.644. The third-order valence-corrected chi connectivity index (χ3v) is 3.62. The van der Waals surface area contributed by atoms with E-state index < -0.39 is 0 Å². The molecule has 1 aliphatic carbocycles. The first kappa shape index (κ1) is 5.48. The average Bonchev–Trinajstić information content (AvgIpc) is 2.33. The Labute approximate surface area is 58.5 Å². The molecule has 0 spiro atoms. The van der Waals surface area contributed by atoms with Gasteiger partial charge >= 0.3 is 0 Å². The van der Waals surface area contributed by atoms with Crippen molar-refractivity contribution in [3.63, 3.8) is 0 Å². The molecule has 1 atom stereocenters. The third-order valence-electron chi connectivity index (χ3n) is 2.09. The van der Waals surface area contributed by atoms with Gasteiger partial charge in [0.1, 0.15) is 0 Å². The highest BCUT2D eigenvalue weighted by molar-refractivity contribution is 6.46. The molecular formula is C8H10Si. The smallest absolute Gasteiger partial charge is 0.0754 e. The third kappa shape index (κ3) is 0.896. The first-order valence-electron chi connectivity index (χ1n) is 3.57. The molecule has 1 unspecified atom stereocenters. The fourth-order valence-electron chi connectivity index (χ4n) is 1.54. The first-order chi connectivity index (χ1) is 4.47. The highest BCUT2D eigenvalue weighted by Crippen LogP contribution is 2.30. The Balaban J connectivity index is 2.23. The number of allylic oxidation sites excluding steroid dienone is 4. The second-order valence-electron chi connectivity index (χ2n) is 2.70. The molecule has 2 rings (SSSR count). The Morgan fingerprint density at radius 1 is 1.56 bits per heavy atom. The molecule has 2 aliphatic rings. The van der Waals surface area contributed by atoms with Crippen LogP contribution in [0, 0.1) is 5.92 Å². The van der Waals surface area contributed by atoms with Gasteiger partial charge < -0.3 is 0 Å². The van der Waals surface area contributed by atoms with E-state index in [4.69, 9.17) is 0 Å². The van der Waals surface area contributed by atoms with Crippen LogP contribution >= 0.6 is 0 Å². The van der Waals surface area contributed by atoms with Crippen LogP contribution in [-0.4, -0.2) is 9.52 Å². The lowest BCUT2D eigenvalue weighted by Crippen LogP contribution is -1.99. The van der Waals surface area contributed by atoms with Gasteiger partial charge in [-0.2, -0.15) is 0 Å². The summed E-state index contributed by atoms with van der Waals surface area (Å²) in [4.78, 5) is 0. The standard InChI is InChI=1S/C8H10Si/c1-2-4-8-7(3-1)5-6-9-8/h1-2,4,7H,3,5-6H2. The number of hydrogen-bond acceptors (Lipinski definition) is 0. The van der Waals surface area contributed by atoms with Crippen LogP contribution in [0.5, 0.6) is 0 Å². The SMILES string of the molecule is C1=CCC2CC[Si]C2=C1. The predicted octanol–water partition coefficient (Wildman–Crippen LogP) is 1.97. The van der Waals surface area contributed by atoms with Gasteiger partial charge in [-0.1, -0.05) is 29.5 Å². The lowest BCUT2D eigenvalue weighted by atomic mass is 9.98. The summed E-state index contributed by atoms with van der Waals surface area (Å²) in [7, 11) is 1.15. The molecule has 1 aliphatic heterocycles. The highest BCUT2D eigenvalue weighted by atomic mass is 28.2. The fourth-order valence-corrected chi connectivity index (χ4v) is 3.09. The number of hydrogen-bond donors (Lipinski definition) is 0. The Kier molecular flexibility index (Phi) is 1.30. The largest absolute Gasteiger partial charge is 0.0840 e. The topological polar surface area (TPSA) is 0 Å². The van der Waals surface area contributed by atoms with Crippen molar-refractivity contribution in [1.29, 1.82) is 0 Å². The van der Waals surface area contributed by atoms with E-state index in [0.717, 1.165) is 15.4 Å². The molecule has 0 nitrogen and oxygen atoms in total. The van der Waals surface area contributed by atoms with E-state index in [1.54, 1.807) is 5.20 Å². The van der Waals surface area contributed by atoms with Crippen molar-refractivity contribution in [3.05, 3.63) is 23.4 Å². The van der Waals surface area contributed by atoms with Crippen LogP contribution in [0.2, 0.25) is 6.04 Å². The molecule has 0 bridgehead atoms. The van der Waals surface area contributed by atoms with Gasteiger partial charge in [-0.05, 0) is 18.8 Å². The zero-order chi connectivity index (χ0) is 6.10. The molecule has 1 heterocycles. The van der Waals surface area contributed by atoms with Crippen molar-refractivity contribution in [1.82, 2.24) is 0 Å². The monoisotopic (exact) mass is 134 g/mol. The summed E-state index contributed by atoms with van der Waals surface area (Å²) in [6, 6.07) is 1.46. The molecule has 0 amide bonds. The zero-order valence-corrected chi connectivity index (χ0v) is 6.43. The van der Waals surface area contributed by atoms with Crippen molar-refractivity contribution >= 4 is 9.52 Å². The average molecular weight is 134 g/mol. The van der Waals surface area contributed by atoms with Gasteiger partial charge in [0.25, 0.3) is 0 Å². The molecule has 0 aromatic rings. The Morgan fingerprint density at radius 3 is 3.44 bits per heavy atom. The minimum Gasteiger partial charge on any atom is -0.0840 e. The van der Waals surface area contributed by atoms with Crippen LogP contribution in [0.3, 0.4) is 0 Å². The maximum atomic E-state index is 2.32. The van der Waals surface area contributed by atoms with Gasteiger partial charge in [-0.15, -0.1) is 0 Å². The lowest BCUT2D eigenvalue weighted by Gasteiger charge is -2.11. The van der Waals surface area contributed by atoms with Gasteiger partial charge in [0.15, 0.2) is 0 Å². The Bertz CT molecular complexity index is 167. The van der Waals surface area contributed by atoms with E-state index in [0.29, 0.717) is 0 Å².